The molecule has 0 saturated heterocycles. The van der Waals surface area contributed by atoms with Gasteiger partial charge in [-0.1, -0.05) is 0 Å². The molecule has 0 bridgehead atoms. The molecule has 0 aliphatic rings. The lowest BCUT2D eigenvalue weighted by Crippen LogP contribution is -2.26. The smallest absolute Gasteiger partial charge is 0.251 e. The summed E-state index contributed by atoms with van der Waals surface area (Å²) in [5.74, 6) is -0.106. The number of hydrogen-bond donors (Lipinski definition) is 1. The Morgan fingerprint density at radius 1 is 1.12 bits per heavy atom. The first-order valence-corrected chi connectivity index (χ1v) is 8.79. The van der Waals surface area contributed by atoms with E-state index >= 15 is 0 Å². The summed E-state index contributed by atoms with van der Waals surface area (Å²) in [7, 11) is 0. The summed E-state index contributed by atoms with van der Waals surface area (Å²) in [5, 5.41) is 7.51. The molecule has 1 aromatic carbocycles. The largest absolute Gasteiger partial charge is 0.346 e. The maximum atomic E-state index is 12.4. The highest BCUT2D eigenvalue weighted by Crippen LogP contribution is 2.23. The Morgan fingerprint density at radius 3 is 2.32 bits per heavy atom. The Labute approximate surface area is 155 Å². The van der Waals surface area contributed by atoms with Crippen LogP contribution in [0.15, 0.2) is 53.3 Å². The average molecular weight is 399 g/mol. The average Bonchev–Trinajstić information content (AvgIpc) is 2.90. The zero-order valence-electron chi connectivity index (χ0n) is 14.3. The van der Waals surface area contributed by atoms with E-state index in [1.807, 2.05) is 61.9 Å². The van der Waals surface area contributed by atoms with Gasteiger partial charge in [0.1, 0.15) is 0 Å². The molecular weight excluding hydrogens is 380 g/mol. The minimum Gasteiger partial charge on any atom is -0.346 e. The first kappa shape index (κ1) is 17.4. The lowest BCUT2D eigenvalue weighted by molar-refractivity contribution is 0.0940. The third-order valence-electron chi connectivity index (χ3n) is 4.13. The molecule has 0 fully saturated rings. The minimum atomic E-state index is -0.106. The lowest BCUT2D eigenvalue weighted by Gasteiger charge is -2.14. The lowest BCUT2D eigenvalue weighted by atomic mass is 10.1. The zero-order valence-corrected chi connectivity index (χ0v) is 15.9. The Balaban J connectivity index is 1.76. The molecule has 25 heavy (non-hydrogen) atoms. The van der Waals surface area contributed by atoms with Crippen LogP contribution < -0.4 is 5.32 Å². The van der Waals surface area contributed by atoms with Crippen molar-refractivity contribution in [1.82, 2.24) is 20.1 Å². The van der Waals surface area contributed by atoms with Crippen LogP contribution in [-0.4, -0.2) is 20.7 Å². The summed E-state index contributed by atoms with van der Waals surface area (Å²) >= 11 is 3.53. The predicted octanol–water partition coefficient (Wildman–Crippen LogP) is 4.14. The van der Waals surface area contributed by atoms with Gasteiger partial charge in [-0.05, 0) is 78.7 Å². The van der Waals surface area contributed by atoms with Crippen molar-refractivity contribution in [2.45, 2.75) is 26.8 Å². The Morgan fingerprint density at radius 2 is 1.76 bits per heavy atom. The number of aromatic nitrogens is 3. The van der Waals surface area contributed by atoms with E-state index in [-0.39, 0.29) is 11.9 Å². The fourth-order valence-corrected chi connectivity index (χ4v) is 2.89. The van der Waals surface area contributed by atoms with Crippen LogP contribution in [0.25, 0.3) is 5.69 Å². The van der Waals surface area contributed by atoms with Crippen LogP contribution in [0.1, 0.15) is 40.3 Å². The van der Waals surface area contributed by atoms with E-state index in [2.05, 4.69) is 31.3 Å². The van der Waals surface area contributed by atoms with E-state index in [0.717, 1.165) is 27.1 Å². The standard InChI is InChI=1S/C19H19BrN4O/c1-12(15-8-10-21-11-9-15)22-19(25)16-4-6-17(7-5-16)24-14(3)18(20)13(2)23-24/h4-12H,1-3H3,(H,22,25)/t12-/m1/s1. The van der Waals surface area contributed by atoms with Gasteiger partial charge in [-0.2, -0.15) is 5.10 Å². The van der Waals surface area contributed by atoms with Gasteiger partial charge in [0.25, 0.3) is 5.91 Å². The van der Waals surface area contributed by atoms with Crippen LogP contribution in [0.4, 0.5) is 0 Å². The first-order chi connectivity index (χ1) is 12.0. The van der Waals surface area contributed by atoms with Gasteiger partial charge in [0.2, 0.25) is 0 Å². The minimum absolute atomic E-state index is 0.0814. The highest BCUT2D eigenvalue weighted by Gasteiger charge is 2.13. The molecule has 0 radical (unpaired) electrons. The number of carbonyl (C=O) groups is 1. The number of nitrogens with one attached hydrogen (secondary N) is 1. The number of halogens is 1. The van der Waals surface area contributed by atoms with Crippen LogP contribution in [0, 0.1) is 13.8 Å². The zero-order chi connectivity index (χ0) is 18.0. The van der Waals surface area contributed by atoms with Crippen molar-refractivity contribution >= 4 is 21.8 Å². The fourth-order valence-electron chi connectivity index (χ4n) is 2.64. The molecule has 3 rings (SSSR count). The Kier molecular flexibility index (Phi) is 4.99. The van der Waals surface area contributed by atoms with Crippen molar-refractivity contribution in [2.24, 2.45) is 0 Å². The summed E-state index contributed by atoms with van der Waals surface area (Å²) in [5.41, 5.74) is 4.52. The highest BCUT2D eigenvalue weighted by atomic mass is 79.9. The summed E-state index contributed by atoms with van der Waals surface area (Å²) in [4.78, 5) is 16.4. The van der Waals surface area contributed by atoms with Crippen molar-refractivity contribution in [3.8, 4) is 5.69 Å². The van der Waals surface area contributed by atoms with Gasteiger partial charge in [0.05, 0.1) is 27.6 Å². The summed E-state index contributed by atoms with van der Waals surface area (Å²) in [6.45, 7) is 5.91. The molecule has 5 nitrogen and oxygen atoms in total. The van der Waals surface area contributed by atoms with E-state index in [0.29, 0.717) is 5.56 Å². The molecule has 0 unspecified atom stereocenters. The second-order valence-corrected chi connectivity index (χ2v) is 6.71. The van der Waals surface area contributed by atoms with Crippen LogP contribution in [0.5, 0.6) is 0 Å². The number of rotatable bonds is 4. The molecule has 1 N–H and O–H groups in total. The number of aryl methyl sites for hydroxylation is 1. The van der Waals surface area contributed by atoms with Crippen LogP contribution >= 0.6 is 15.9 Å². The summed E-state index contributed by atoms with van der Waals surface area (Å²) in [6.07, 6.45) is 3.44. The number of amides is 1. The molecule has 1 atom stereocenters. The second-order valence-electron chi connectivity index (χ2n) is 5.92. The van der Waals surface area contributed by atoms with Gasteiger partial charge in [-0.25, -0.2) is 4.68 Å². The molecular formula is C19H19BrN4O. The number of pyridine rings is 1. The first-order valence-electron chi connectivity index (χ1n) is 8.00. The maximum absolute atomic E-state index is 12.4. The van der Waals surface area contributed by atoms with Gasteiger partial charge >= 0.3 is 0 Å². The van der Waals surface area contributed by atoms with Crippen molar-refractivity contribution < 1.29 is 4.79 Å². The van der Waals surface area contributed by atoms with E-state index in [9.17, 15) is 4.79 Å². The summed E-state index contributed by atoms with van der Waals surface area (Å²) in [6, 6.07) is 11.1. The van der Waals surface area contributed by atoms with Crippen molar-refractivity contribution in [1.29, 1.82) is 0 Å². The normalized spacial score (nSPS) is 12.0. The van der Waals surface area contributed by atoms with E-state index in [1.54, 1.807) is 12.4 Å². The molecule has 1 amide bonds. The molecule has 2 aromatic heterocycles. The maximum Gasteiger partial charge on any atom is 0.251 e. The van der Waals surface area contributed by atoms with Crippen molar-refractivity contribution in [2.75, 3.05) is 0 Å². The number of nitrogens with zero attached hydrogens (tertiary/aromatic N) is 3. The number of hydrogen-bond acceptors (Lipinski definition) is 3. The van der Waals surface area contributed by atoms with Crippen molar-refractivity contribution in [3.63, 3.8) is 0 Å². The molecule has 0 aliphatic carbocycles. The van der Waals surface area contributed by atoms with Gasteiger partial charge in [0.15, 0.2) is 0 Å². The summed E-state index contributed by atoms with van der Waals surface area (Å²) < 4.78 is 2.86. The topological polar surface area (TPSA) is 59.8 Å². The quantitative estimate of drug-likeness (QED) is 0.718. The van der Waals surface area contributed by atoms with Gasteiger partial charge in [-0.3, -0.25) is 9.78 Å². The van der Waals surface area contributed by atoms with Gasteiger partial charge in [0, 0.05) is 18.0 Å². The molecule has 0 spiro atoms. The van der Waals surface area contributed by atoms with E-state index in [1.165, 1.54) is 0 Å². The molecule has 128 valence electrons. The third-order valence-corrected chi connectivity index (χ3v) is 5.28. The third kappa shape index (κ3) is 3.64. The second kappa shape index (κ2) is 7.19. The molecule has 2 heterocycles. The number of carbonyl (C=O) groups excluding carboxylic acids is 1. The monoisotopic (exact) mass is 398 g/mol. The van der Waals surface area contributed by atoms with Crippen LogP contribution in [0.3, 0.4) is 0 Å². The molecule has 0 aliphatic heterocycles. The predicted molar refractivity (Wildman–Crippen MR) is 101 cm³/mol. The molecule has 6 heteroatoms. The Bertz CT molecular complexity index is 888. The molecule has 3 aromatic rings. The Hall–Kier alpha value is -2.47. The van der Waals surface area contributed by atoms with Gasteiger partial charge < -0.3 is 5.32 Å². The van der Waals surface area contributed by atoms with Crippen LogP contribution in [-0.2, 0) is 0 Å². The number of benzene rings is 1. The van der Waals surface area contributed by atoms with Crippen LogP contribution in [0.2, 0.25) is 0 Å². The van der Waals surface area contributed by atoms with E-state index < -0.39 is 0 Å². The van der Waals surface area contributed by atoms with Gasteiger partial charge in [-0.15, -0.1) is 0 Å². The highest BCUT2D eigenvalue weighted by molar-refractivity contribution is 9.10. The van der Waals surface area contributed by atoms with E-state index in [4.69, 9.17) is 0 Å². The van der Waals surface area contributed by atoms with Crippen molar-refractivity contribution in [3.05, 3.63) is 75.8 Å². The molecule has 0 saturated carbocycles. The SMILES string of the molecule is Cc1nn(-c2ccc(C(=O)N[C@H](C)c3ccncc3)cc2)c(C)c1Br. The fraction of sp³-hybridized carbons (Fsp3) is 0.211.